The Morgan fingerprint density at radius 3 is 2.53 bits per heavy atom. The number of nitrogens with one attached hydrogen (secondary N) is 1. The Morgan fingerprint density at radius 2 is 1.87 bits per heavy atom. The van der Waals surface area contributed by atoms with Gasteiger partial charge in [0.25, 0.3) is 11.8 Å². The Morgan fingerprint density at radius 1 is 1.17 bits per heavy atom. The fraction of sp³-hybridized carbons (Fsp3) is 0.364. The molecule has 0 fully saturated rings. The smallest absolute Gasteiger partial charge is 0.262 e. The van der Waals surface area contributed by atoms with E-state index in [4.69, 9.17) is 4.74 Å². The molecule has 0 aromatic carbocycles. The topological polar surface area (TPSA) is 91.8 Å². The number of hydrogen-bond acceptors (Lipinski definition) is 5. The molecule has 0 unspecified atom stereocenters. The third-order valence-electron chi connectivity index (χ3n) is 5.56. The lowest BCUT2D eigenvalue weighted by Gasteiger charge is -2.23. The molecular formula is C22H24N4O4. The summed E-state index contributed by atoms with van der Waals surface area (Å²) in [4.78, 5) is 44.6. The zero-order chi connectivity index (χ0) is 21.3. The molecule has 0 spiro atoms. The number of carbonyl (C=O) groups excluding carboxylic acids is 3. The van der Waals surface area contributed by atoms with Crippen LogP contribution in [0.25, 0.3) is 0 Å². The van der Waals surface area contributed by atoms with Crippen molar-refractivity contribution in [3.8, 4) is 5.88 Å². The maximum Gasteiger partial charge on any atom is 0.262 e. The van der Waals surface area contributed by atoms with E-state index in [1.807, 2.05) is 19.1 Å². The second-order valence-electron chi connectivity index (χ2n) is 7.53. The highest BCUT2D eigenvalue weighted by atomic mass is 16.5. The summed E-state index contributed by atoms with van der Waals surface area (Å²) in [6.45, 7) is 6.03. The van der Waals surface area contributed by atoms with E-state index in [0.29, 0.717) is 43.3 Å². The van der Waals surface area contributed by atoms with Crippen LogP contribution < -0.4 is 10.1 Å². The highest BCUT2D eigenvalue weighted by Gasteiger charge is 2.34. The van der Waals surface area contributed by atoms with Gasteiger partial charge in [-0.05, 0) is 30.6 Å². The van der Waals surface area contributed by atoms with Gasteiger partial charge >= 0.3 is 0 Å². The lowest BCUT2D eigenvalue weighted by Crippen LogP contribution is -2.36. The van der Waals surface area contributed by atoms with E-state index >= 15 is 0 Å². The van der Waals surface area contributed by atoms with E-state index < -0.39 is 0 Å². The number of rotatable bonds is 4. The lowest BCUT2D eigenvalue weighted by molar-refractivity contribution is -0.125. The summed E-state index contributed by atoms with van der Waals surface area (Å²) in [5, 5.41) is 2.67. The zero-order valence-electron chi connectivity index (χ0n) is 17.1. The Bertz CT molecular complexity index is 990. The van der Waals surface area contributed by atoms with E-state index in [1.165, 1.54) is 6.20 Å². The monoisotopic (exact) mass is 408 g/mol. The molecule has 0 saturated carbocycles. The number of pyridine rings is 1. The van der Waals surface area contributed by atoms with Crippen molar-refractivity contribution in [2.45, 2.75) is 20.3 Å². The Kier molecular flexibility index (Phi) is 5.39. The molecule has 156 valence electrons. The predicted molar refractivity (Wildman–Crippen MR) is 111 cm³/mol. The number of amides is 3. The van der Waals surface area contributed by atoms with Gasteiger partial charge in [-0.1, -0.05) is 24.6 Å². The first kappa shape index (κ1) is 19.9. The van der Waals surface area contributed by atoms with E-state index in [2.05, 4.69) is 17.2 Å². The van der Waals surface area contributed by atoms with Crippen LogP contribution in [0.3, 0.4) is 0 Å². The zero-order valence-corrected chi connectivity index (χ0v) is 17.1. The standard InChI is InChI=1S/C22H24N4O4/c1-3-14(4-2)5-6-20(28)25-9-16-11-26(12-17(16)10-25)22(29)15-7-18-21(23-8-15)30-13-19(27)24-18/h3,5-8H,4,9-13H2,1-2H3,(H,24,27)/b6-5+,14-3-. The first-order valence-corrected chi connectivity index (χ1v) is 10.0. The van der Waals surface area contributed by atoms with Crippen molar-refractivity contribution < 1.29 is 19.1 Å². The van der Waals surface area contributed by atoms with E-state index in [-0.39, 0.29) is 24.3 Å². The van der Waals surface area contributed by atoms with Gasteiger partial charge in [0, 0.05) is 38.5 Å². The van der Waals surface area contributed by atoms with Crippen LogP contribution >= 0.6 is 0 Å². The van der Waals surface area contributed by atoms with Gasteiger partial charge in [0.05, 0.1) is 5.56 Å². The second kappa shape index (κ2) is 8.14. The van der Waals surface area contributed by atoms with Crippen molar-refractivity contribution in [2.24, 2.45) is 0 Å². The van der Waals surface area contributed by atoms with Crippen LogP contribution in [0.15, 0.2) is 47.2 Å². The molecular weight excluding hydrogens is 384 g/mol. The summed E-state index contributed by atoms with van der Waals surface area (Å²) in [5.41, 5.74) is 4.17. The molecule has 3 aliphatic heterocycles. The quantitative estimate of drug-likeness (QED) is 0.467. The first-order chi connectivity index (χ1) is 14.5. The van der Waals surface area contributed by atoms with E-state index in [1.54, 1.807) is 21.9 Å². The van der Waals surface area contributed by atoms with Gasteiger partial charge in [-0.15, -0.1) is 0 Å². The van der Waals surface area contributed by atoms with Gasteiger partial charge in [-0.25, -0.2) is 4.98 Å². The van der Waals surface area contributed by atoms with Crippen LogP contribution in [0.5, 0.6) is 5.88 Å². The fourth-order valence-electron chi connectivity index (χ4n) is 3.86. The maximum absolute atomic E-state index is 12.9. The van der Waals surface area contributed by atoms with Gasteiger partial charge in [0.15, 0.2) is 6.61 Å². The van der Waals surface area contributed by atoms with Crippen molar-refractivity contribution in [2.75, 3.05) is 38.1 Å². The van der Waals surface area contributed by atoms with Crippen LogP contribution in [0.2, 0.25) is 0 Å². The van der Waals surface area contributed by atoms with Gasteiger partial charge < -0.3 is 19.9 Å². The van der Waals surface area contributed by atoms with Crippen molar-refractivity contribution in [3.63, 3.8) is 0 Å². The summed E-state index contributed by atoms with van der Waals surface area (Å²) in [6.07, 6.45) is 7.85. The number of aromatic nitrogens is 1. The minimum Gasteiger partial charge on any atom is -0.466 e. The second-order valence-corrected chi connectivity index (χ2v) is 7.53. The van der Waals surface area contributed by atoms with Crippen molar-refractivity contribution >= 4 is 23.4 Å². The van der Waals surface area contributed by atoms with Crippen LogP contribution in [-0.2, 0) is 9.59 Å². The maximum atomic E-state index is 12.9. The molecule has 0 saturated heterocycles. The number of ether oxygens (including phenoxy) is 1. The molecule has 3 aliphatic rings. The molecule has 8 nitrogen and oxygen atoms in total. The van der Waals surface area contributed by atoms with Gasteiger partial charge in [-0.3, -0.25) is 14.4 Å². The largest absolute Gasteiger partial charge is 0.466 e. The fourth-order valence-corrected chi connectivity index (χ4v) is 3.86. The van der Waals surface area contributed by atoms with Gasteiger partial charge in [-0.2, -0.15) is 0 Å². The number of hydrogen-bond donors (Lipinski definition) is 1. The van der Waals surface area contributed by atoms with Crippen molar-refractivity contribution in [1.29, 1.82) is 0 Å². The molecule has 1 N–H and O–H groups in total. The van der Waals surface area contributed by atoms with E-state index in [9.17, 15) is 14.4 Å². The molecule has 0 radical (unpaired) electrons. The third-order valence-corrected chi connectivity index (χ3v) is 5.56. The number of allylic oxidation sites excluding steroid dienone is 3. The predicted octanol–water partition coefficient (Wildman–Crippen LogP) is 1.92. The lowest BCUT2D eigenvalue weighted by atomic mass is 10.2. The molecule has 0 bridgehead atoms. The Balaban J connectivity index is 1.37. The molecule has 4 rings (SSSR count). The molecule has 1 aromatic rings. The molecule has 1 aromatic heterocycles. The van der Waals surface area contributed by atoms with Gasteiger partial charge in [0.2, 0.25) is 11.8 Å². The van der Waals surface area contributed by atoms with Crippen LogP contribution in [-0.4, -0.2) is 65.3 Å². The van der Waals surface area contributed by atoms with E-state index in [0.717, 1.165) is 23.1 Å². The van der Waals surface area contributed by atoms with Gasteiger partial charge in [0.1, 0.15) is 5.69 Å². The molecule has 0 atom stereocenters. The molecule has 4 heterocycles. The Hall–Kier alpha value is -3.42. The highest BCUT2D eigenvalue weighted by molar-refractivity contribution is 5.99. The minimum atomic E-state index is -0.269. The summed E-state index contributed by atoms with van der Waals surface area (Å²) in [5.74, 6) is -0.114. The number of carbonyl (C=O) groups is 3. The average molecular weight is 408 g/mol. The van der Waals surface area contributed by atoms with Crippen LogP contribution in [0.1, 0.15) is 30.6 Å². The summed E-state index contributed by atoms with van der Waals surface area (Å²) >= 11 is 0. The van der Waals surface area contributed by atoms with Crippen molar-refractivity contribution in [1.82, 2.24) is 14.8 Å². The number of anilines is 1. The molecule has 30 heavy (non-hydrogen) atoms. The normalized spacial score (nSPS) is 18.5. The number of fused-ring (bicyclic) bond motifs is 1. The summed E-state index contributed by atoms with van der Waals surface area (Å²) in [6, 6.07) is 1.60. The minimum absolute atomic E-state index is 0.00953. The van der Waals surface area contributed by atoms with Crippen LogP contribution in [0, 0.1) is 0 Å². The third kappa shape index (κ3) is 3.85. The summed E-state index contributed by atoms with van der Waals surface area (Å²) in [7, 11) is 0. The Labute approximate surface area is 174 Å². The highest BCUT2D eigenvalue weighted by Crippen LogP contribution is 2.29. The summed E-state index contributed by atoms with van der Waals surface area (Å²) < 4.78 is 5.24. The van der Waals surface area contributed by atoms with Crippen LogP contribution in [0.4, 0.5) is 5.69 Å². The SMILES string of the molecule is C/C=C(\C=C\C(=O)N1CC2=C(C1)CN(C(=O)c1cnc3c(c1)NC(=O)CO3)C2)CC. The first-order valence-electron chi connectivity index (χ1n) is 10.0. The molecule has 0 aliphatic carbocycles. The average Bonchev–Trinajstić information content (AvgIpc) is 3.32. The molecule has 8 heteroatoms. The number of nitrogens with zero attached hydrogens (tertiary/aromatic N) is 3. The molecule has 3 amide bonds. The van der Waals surface area contributed by atoms with Crippen molar-refractivity contribution in [3.05, 3.63) is 52.8 Å².